The molecule has 64 heavy (non-hydrogen) atoms. The zero-order valence-corrected chi connectivity index (χ0v) is 42.7. The van der Waals surface area contributed by atoms with E-state index in [4.69, 9.17) is 14.6 Å². The van der Waals surface area contributed by atoms with Gasteiger partial charge in [0.05, 0.1) is 26.1 Å². The van der Waals surface area contributed by atoms with E-state index in [-0.39, 0.29) is 49.1 Å². The number of hydrogen-bond acceptors (Lipinski definition) is 7. The van der Waals surface area contributed by atoms with Gasteiger partial charge in [-0.15, -0.1) is 0 Å². The predicted octanol–water partition coefficient (Wildman–Crippen LogP) is 14.2. The smallest absolute Gasteiger partial charge is 0.307 e. The van der Waals surface area contributed by atoms with E-state index in [0.717, 1.165) is 70.6 Å². The van der Waals surface area contributed by atoms with Gasteiger partial charge in [-0.25, -0.2) is 0 Å². The van der Waals surface area contributed by atoms with Crippen molar-refractivity contribution in [2.75, 3.05) is 33.9 Å². The van der Waals surface area contributed by atoms with Crippen LogP contribution in [0.25, 0.3) is 0 Å². The molecule has 0 aromatic heterocycles. The number of amides is 2. The van der Waals surface area contributed by atoms with Gasteiger partial charge in [-0.3, -0.25) is 24.0 Å². The second-order valence-corrected chi connectivity index (χ2v) is 19.2. The molecule has 0 aliphatic rings. The number of carboxylic acid groups (broad SMARTS) is 1. The number of carboxylic acids is 1. The fraction of sp³-hybridized carbons (Fsp3) is 0.907. The van der Waals surface area contributed by atoms with Crippen LogP contribution in [0.3, 0.4) is 0 Å². The van der Waals surface area contributed by atoms with Gasteiger partial charge < -0.3 is 24.4 Å². The highest BCUT2D eigenvalue weighted by Gasteiger charge is 2.21. The Hall–Kier alpha value is -2.65. The number of nitrogens with zero attached hydrogens (tertiary/aromatic N) is 2. The molecule has 0 bridgehead atoms. The van der Waals surface area contributed by atoms with Crippen LogP contribution >= 0.6 is 0 Å². The Labute approximate surface area is 393 Å². The Balaban J connectivity index is 4.75. The monoisotopic (exact) mass is 907 g/mol. The van der Waals surface area contributed by atoms with Crippen LogP contribution in [0.1, 0.15) is 265 Å². The molecular weight excluding hydrogens is 805 g/mol. The Morgan fingerprint density at radius 1 is 0.422 bits per heavy atom. The lowest BCUT2D eigenvalue weighted by molar-refractivity contribution is -0.146. The number of aliphatic carboxylic acids is 1. The molecule has 2 amide bonds. The third-order valence-electron chi connectivity index (χ3n) is 13.2. The highest BCUT2D eigenvalue weighted by Crippen LogP contribution is 2.25. The molecule has 0 heterocycles. The van der Waals surface area contributed by atoms with E-state index >= 15 is 0 Å². The number of hydrogen-bond donors (Lipinski definition) is 1. The maximum absolute atomic E-state index is 13.1. The normalized spacial score (nSPS) is 11.9. The Bertz CT molecular complexity index is 1120. The SMILES string of the molecule is CCCCCCCC(CCCCCCC)CC(=O)OCCCCCC(CCCCCOC(=O)CCN(C)C(=O)CC(CCCCCCC)CCCCCCC)N(C)C(=O)CCC(=O)O. The van der Waals surface area contributed by atoms with Crippen LogP contribution < -0.4 is 0 Å². The highest BCUT2D eigenvalue weighted by molar-refractivity contribution is 5.80. The molecule has 0 aromatic carbocycles. The van der Waals surface area contributed by atoms with E-state index in [1.807, 2.05) is 0 Å². The van der Waals surface area contributed by atoms with Crippen LogP contribution in [0.2, 0.25) is 0 Å². The summed E-state index contributed by atoms with van der Waals surface area (Å²) in [5.41, 5.74) is 0. The van der Waals surface area contributed by atoms with Crippen LogP contribution in [0.4, 0.5) is 0 Å². The van der Waals surface area contributed by atoms with Gasteiger partial charge in [-0.05, 0) is 76.0 Å². The molecule has 0 aliphatic heterocycles. The van der Waals surface area contributed by atoms with Gasteiger partial charge >= 0.3 is 17.9 Å². The summed E-state index contributed by atoms with van der Waals surface area (Å²) in [7, 11) is 3.57. The molecule has 0 saturated carbocycles. The topological polar surface area (TPSA) is 131 Å². The summed E-state index contributed by atoms with van der Waals surface area (Å²) >= 11 is 0. The van der Waals surface area contributed by atoms with Crippen molar-refractivity contribution >= 4 is 29.7 Å². The molecule has 0 rings (SSSR count). The largest absolute Gasteiger partial charge is 0.481 e. The molecule has 376 valence electrons. The molecule has 0 radical (unpaired) electrons. The van der Waals surface area contributed by atoms with Crippen molar-refractivity contribution in [2.24, 2.45) is 11.8 Å². The third-order valence-corrected chi connectivity index (χ3v) is 13.2. The van der Waals surface area contributed by atoms with Gasteiger partial charge in [0.25, 0.3) is 0 Å². The van der Waals surface area contributed by atoms with Gasteiger partial charge in [0.15, 0.2) is 0 Å². The first-order valence-electron chi connectivity index (χ1n) is 27.0. The van der Waals surface area contributed by atoms with Crippen molar-refractivity contribution in [3.63, 3.8) is 0 Å². The number of carbonyl (C=O) groups is 5. The molecular formula is C54H102N2O8. The van der Waals surface area contributed by atoms with E-state index < -0.39 is 5.97 Å². The summed E-state index contributed by atoms with van der Waals surface area (Å²) in [5, 5.41) is 9.14. The summed E-state index contributed by atoms with van der Waals surface area (Å²) < 4.78 is 11.2. The lowest BCUT2D eigenvalue weighted by Gasteiger charge is -2.28. The van der Waals surface area contributed by atoms with E-state index in [0.29, 0.717) is 50.9 Å². The first-order chi connectivity index (χ1) is 31.0. The summed E-state index contributed by atoms with van der Waals surface area (Å²) in [6, 6.07) is -0.0170. The van der Waals surface area contributed by atoms with Gasteiger partial charge in [0, 0.05) is 45.9 Å². The van der Waals surface area contributed by atoms with Crippen molar-refractivity contribution in [2.45, 2.75) is 271 Å². The molecule has 1 unspecified atom stereocenters. The maximum Gasteiger partial charge on any atom is 0.307 e. The van der Waals surface area contributed by atoms with Crippen molar-refractivity contribution in [1.29, 1.82) is 0 Å². The second-order valence-electron chi connectivity index (χ2n) is 19.2. The minimum absolute atomic E-state index is 0.0170. The van der Waals surface area contributed by atoms with E-state index in [2.05, 4.69) is 27.7 Å². The zero-order valence-electron chi connectivity index (χ0n) is 42.7. The first-order valence-corrected chi connectivity index (χ1v) is 27.0. The number of carbonyl (C=O) groups excluding carboxylic acids is 4. The van der Waals surface area contributed by atoms with Crippen LogP contribution in [0, 0.1) is 11.8 Å². The molecule has 10 heteroatoms. The first kappa shape index (κ1) is 61.4. The number of unbranched alkanes of at least 4 members (excludes halogenated alkanes) is 20. The molecule has 1 atom stereocenters. The number of esters is 2. The van der Waals surface area contributed by atoms with Crippen molar-refractivity contribution in [1.82, 2.24) is 9.80 Å². The van der Waals surface area contributed by atoms with E-state index in [9.17, 15) is 24.0 Å². The summed E-state index contributed by atoms with van der Waals surface area (Å²) in [4.78, 5) is 66.0. The summed E-state index contributed by atoms with van der Waals surface area (Å²) in [6.45, 7) is 10.0. The predicted molar refractivity (Wildman–Crippen MR) is 264 cm³/mol. The second kappa shape index (κ2) is 44.2. The number of ether oxygens (including phenoxy) is 2. The fourth-order valence-electron chi connectivity index (χ4n) is 8.81. The van der Waals surface area contributed by atoms with Crippen LogP contribution in [0.15, 0.2) is 0 Å². The third kappa shape index (κ3) is 37.6. The maximum atomic E-state index is 13.1. The molecule has 10 nitrogen and oxygen atoms in total. The lowest BCUT2D eigenvalue weighted by atomic mass is 9.91. The average Bonchev–Trinajstić information content (AvgIpc) is 3.27. The van der Waals surface area contributed by atoms with Gasteiger partial charge in [0.2, 0.25) is 11.8 Å². The minimum atomic E-state index is -0.980. The lowest BCUT2D eigenvalue weighted by Crippen LogP contribution is -2.37. The van der Waals surface area contributed by atoms with Gasteiger partial charge in [-0.2, -0.15) is 0 Å². The molecule has 0 saturated heterocycles. The summed E-state index contributed by atoms with van der Waals surface area (Å²) in [5.74, 6) is -0.561. The Morgan fingerprint density at radius 2 is 0.797 bits per heavy atom. The quantitative estimate of drug-likeness (QED) is 0.0472. The highest BCUT2D eigenvalue weighted by atomic mass is 16.5. The zero-order chi connectivity index (χ0) is 47.5. The molecule has 0 spiro atoms. The van der Waals surface area contributed by atoms with Crippen LogP contribution in [-0.2, 0) is 33.4 Å². The summed E-state index contributed by atoms with van der Waals surface area (Å²) in [6.07, 6.45) is 36.9. The molecule has 0 fully saturated rings. The van der Waals surface area contributed by atoms with Crippen molar-refractivity contribution < 1.29 is 38.6 Å². The fourth-order valence-corrected chi connectivity index (χ4v) is 8.81. The Morgan fingerprint density at radius 3 is 1.22 bits per heavy atom. The average molecular weight is 907 g/mol. The molecule has 1 N–H and O–H groups in total. The van der Waals surface area contributed by atoms with Crippen molar-refractivity contribution in [3.05, 3.63) is 0 Å². The van der Waals surface area contributed by atoms with Gasteiger partial charge in [-0.1, -0.05) is 169 Å². The molecule has 0 aliphatic carbocycles. The molecule has 0 aromatic rings. The Kier molecular flexibility index (Phi) is 42.4. The van der Waals surface area contributed by atoms with Crippen LogP contribution in [0.5, 0.6) is 0 Å². The number of rotatable bonds is 47. The minimum Gasteiger partial charge on any atom is -0.481 e. The van der Waals surface area contributed by atoms with E-state index in [1.165, 1.54) is 128 Å². The van der Waals surface area contributed by atoms with Crippen molar-refractivity contribution in [3.8, 4) is 0 Å². The van der Waals surface area contributed by atoms with Gasteiger partial charge in [0.1, 0.15) is 0 Å². The standard InChI is InChI=1S/C54H102N2O8/c1-7-11-15-19-25-33-47(34-26-20-16-12-8-2)45-51(58)55(5)42-41-53(61)63-43-31-23-29-37-49(56(6)50(57)39-40-52(59)60)38-30-24-32-44-64-54(62)46-48(35-27-21-17-13-9-3)36-28-22-18-14-10-4/h47-49H,7-46H2,1-6H3,(H,59,60). The van der Waals surface area contributed by atoms with E-state index in [1.54, 1.807) is 23.9 Å². The van der Waals surface area contributed by atoms with Crippen LogP contribution in [-0.4, -0.2) is 84.5 Å².